The highest BCUT2D eigenvalue weighted by Gasteiger charge is 2.17. The van der Waals surface area contributed by atoms with Crippen molar-refractivity contribution in [1.82, 2.24) is 19.6 Å². The van der Waals surface area contributed by atoms with Gasteiger partial charge >= 0.3 is 0 Å². The number of hydrogen-bond donors (Lipinski definition) is 0. The molecule has 0 N–H and O–H groups in total. The third kappa shape index (κ3) is 5.46. The van der Waals surface area contributed by atoms with Crippen molar-refractivity contribution in [2.75, 3.05) is 0 Å². The molecule has 7 heteroatoms. The molecule has 0 aliphatic carbocycles. The van der Waals surface area contributed by atoms with Crippen LogP contribution in [-0.4, -0.2) is 25.3 Å². The first-order chi connectivity index (χ1) is 16.6. The normalized spacial score (nSPS) is 10.7. The molecule has 0 aliphatic rings. The fourth-order valence-electron chi connectivity index (χ4n) is 4.12. The second kappa shape index (κ2) is 10.6. The van der Waals surface area contributed by atoms with Gasteiger partial charge in [-0.05, 0) is 44.2 Å². The molecule has 0 unspecified atom stereocenters. The SMILES string of the molecule is Cc1cc(C)n(Cc2cc(-c3ccc[n+](CC(=O)c4ccccc4)c3)n(-c3ccccc3)n2)n1.[Br-]. The smallest absolute Gasteiger partial charge is 0.227 e. The summed E-state index contributed by atoms with van der Waals surface area (Å²) < 4.78 is 5.86. The Bertz CT molecular complexity index is 1440. The van der Waals surface area contributed by atoms with Gasteiger partial charge in [0, 0.05) is 17.3 Å². The lowest BCUT2D eigenvalue weighted by molar-refractivity contribution is -0.682. The number of Topliss-reactive ketones (excluding diaryl/α,β-unsaturated/α-hetero) is 1. The minimum atomic E-state index is 0. The van der Waals surface area contributed by atoms with Gasteiger partial charge in [0.25, 0.3) is 0 Å². The van der Waals surface area contributed by atoms with E-state index in [0.717, 1.165) is 34.0 Å². The number of halogens is 1. The van der Waals surface area contributed by atoms with E-state index in [9.17, 15) is 4.79 Å². The number of pyridine rings is 1. The van der Waals surface area contributed by atoms with Crippen LogP contribution in [0.1, 0.15) is 27.4 Å². The molecule has 6 nitrogen and oxygen atoms in total. The van der Waals surface area contributed by atoms with E-state index in [4.69, 9.17) is 5.10 Å². The lowest BCUT2D eigenvalue weighted by atomic mass is 10.1. The fourth-order valence-corrected chi connectivity index (χ4v) is 4.12. The number of nitrogens with zero attached hydrogens (tertiary/aromatic N) is 5. The number of para-hydroxylation sites is 1. The van der Waals surface area contributed by atoms with Crippen molar-refractivity contribution in [1.29, 1.82) is 0 Å². The van der Waals surface area contributed by atoms with Crippen LogP contribution in [0.15, 0.2) is 97.3 Å². The maximum absolute atomic E-state index is 12.7. The summed E-state index contributed by atoms with van der Waals surface area (Å²) in [5, 5.41) is 9.51. The van der Waals surface area contributed by atoms with Crippen molar-refractivity contribution in [3.8, 4) is 16.9 Å². The number of carbonyl (C=O) groups excluding carboxylic acids is 1. The zero-order chi connectivity index (χ0) is 23.5. The third-order valence-electron chi connectivity index (χ3n) is 5.75. The average Bonchev–Trinajstić information content (AvgIpc) is 3.42. The Morgan fingerprint density at radius 2 is 1.60 bits per heavy atom. The van der Waals surface area contributed by atoms with Crippen LogP contribution in [0, 0.1) is 13.8 Å². The minimum absolute atomic E-state index is 0. The first kappa shape index (κ1) is 24.3. The molecule has 0 atom stereocenters. The average molecular weight is 528 g/mol. The second-order valence-corrected chi connectivity index (χ2v) is 8.41. The van der Waals surface area contributed by atoms with Crippen LogP contribution in [0.25, 0.3) is 16.9 Å². The molecule has 3 heterocycles. The van der Waals surface area contributed by atoms with Crippen LogP contribution >= 0.6 is 0 Å². The number of ketones is 1. The first-order valence-electron chi connectivity index (χ1n) is 11.3. The summed E-state index contributed by atoms with van der Waals surface area (Å²) >= 11 is 0. The topological polar surface area (TPSA) is 56.6 Å². The Morgan fingerprint density at radius 3 is 2.29 bits per heavy atom. The molecule has 3 aromatic heterocycles. The molecule has 35 heavy (non-hydrogen) atoms. The number of hydrogen-bond acceptors (Lipinski definition) is 3. The quantitative estimate of drug-likeness (QED) is 0.238. The molecule has 0 amide bonds. The Hall–Kier alpha value is -3.84. The summed E-state index contributed by atoms with van der Waals surface area (Å²) in [5.74, 6) is 0.0736. The lowest BCUT2D eigenvalue weighted by Crippen LogP contribution is -3.00. The van der Waals surface area contributed by atoms with Crippen molar-refractivity contribution in [2.24, 2.45) is 0 Å². The molecule has 0 radical (unpaired) electrons. The van der Waals surface area contributed by atoms with Gasteiger partial charge in [-0.3, -0.25) is 9.48 Å². The van der Waals surface area contributed by atoms with E-state index in [2.05, 4.69) is 24.2 Å². The zero-order valence-corrected chi connectivity index (χ0v) is 21.3. The van der Waals surface area contributed by atoms with E-state index in [1.807, 2.05) is 106 Å². The Balaban J connectivity index is 0.00000289. The van der Waals surface area contributed by atoms with Gasteiger partial charge in [0.15, 0.2) is 12.4 Å². The highest BCUT2D eigenvalue weighted by molar-refractivity contribution is 5.94. The molecule has 0 spiro atoms. The van der Waals surface area contributed by atoms with Crippen LogP contribution in [0.5, 0.6) is 0 Å². The summed E-state index contributed by atoms with van der Waals surface area (Å²) in [4.78, 5) is 12.7. The molecule has 2 aromatic carbocycles. The van der Waals surface area contributed by atoms with E-state index in [1.54, 1.807) is 0 Å². The zero-order valence-electron chi connectivity index (χ0n) is 19.7. The molecule has 0 saturated carbocycles. The van der Waals surface area contributed by atoms with Gasteiger partial charge in [-0.25, -0.2) is 4.68 Å². The van der Waals surface area contributed by atoms with E-state index in [1.165, 1.54) is 0 Å². The lowest BCUT2D eigenvalue weighted by Gasteiger charge is -2.07. The fraction of sp³-hybridized carbons (Fsp3) is 0.143. The largest absolute Gasteiger partial charge is 1.00 e. The highest BCUT2D eigenvalue weighted by Crippen LogP contribution is 2.24. The van der Waals surface area contributed by atoms with Gasteiger partial charge < -0.3 is 17.0 Å². The van der Waals surface area contributed by atoms with Gasteiger partial charge in [0.2, 0.25) is 12.3 Å². The van der Waals surface area contributed by atoms with Gasteiger partial charge in [0.05, 0.1) is 34.9 Å². The van der Waals surface area contributed by atoms with Crippen LogP contribution in [0.4, 0.5) is 0 Å². The van der Waals surface area contributed by atoms with Crippen LogP contribution in [0.3, 0.4) is 0 Å². The summed E-state index contributed by atoms with van der Waals surface area (Å²) in [5.41, 5.74) is 6.65. The van der Waals surface area contributed by atoms with Crippen LogP contribution in [0.2, 0.25) is 0 Å². The molecule has 0 fully saturated rings. The Labute approximate surface area is 215 Å². The highest BCUT2D eigenvalue weighted by atomic mass is 79.9. The summed E-state index contributed by atoms with van der Waals surface area (Å²) in [7, 11) is 0. The molecule has 5 rings (SSSR count). The number of rotatable bonds is 7. The van der Waals surface area contributed by atoms with Gasteiger partial charge in [0.1, 0.15) is 0 Å². The summed E-state index contributed by atoms with van der Waals surface area (Å²) in [6.45, 7) is 4.91. The van der Waals surface area contributed by atoms with Crippen molar-refractivity contribution < 1.29 is 26.3 Å². The van der Waals surface area contributed by atoms with Gasteiger partial charge in [-0.15, -0.1) is 0 Å². The maximum Gasteiger partial charge on any atom is 0.227 e. The maximum atomic E-state index is 12.7. The third-order valence-corrected chi connectivity index (χ3v) is 5.75. The monoisotopic (exact) mass is 527 g/mol. The Kier molecular flexibility index (Phi) is 7.36. The number of carbonyl (C=O) groups is 1. The minimum Gasteiger partial charge on any atom is -1.00 e. The van der Waals surface area contributed by atoms with Crippen molar-refractivity contribution in [3.05, 3.63) is 120 Å². The summed E-state index contributed by atoms with van der Waals surface area (Å²) in [6, 6.07) is 27.7. The number of aromatic nitrogens is 5. The van der Waals surface area contributed by atoms with Crippen LogP contribution in [-0.2, 0) is 13.1 Å². The predicted octanol–water partition coefficient (Wildman–Crippen LogP) is 1.58. The molecular weight excluding hydrogens is 502 g/mol. The van der Waals surface area contributed by atoms with E-state index >= 15 is 0 Å². The van der Waals surface area contributed by atoms with E-state index in [-0.39, 0.29) is 29.3 Å². The molecular formula is C28H26BrN5O. The van der Waals surface area contributed by atoms with E-state index in [0.29, 0.717) is 12.1 Å². The first-order valence-corrected chi connectivity index (χ1v) is 11.3. The van der Waals surface area contributed by atoms with Gasteiger partial charge in [-0.2, -0.15) is 14.8 Å². The standard InChI is InChI=1S/C28H26N5O.BrH/c1-21-16-22(2)32(29-21)19-25-17-27(33(30-25)26-13-7-4-8-14-26)24-12-9-15-31(18-24)20-28(34)23-10-5-3-6-11-23;/h3-18H,19-20H2,1-2H3;1H/q+1;/p-1. The second-order valence-electron chi connectivity index (χ2n) is 8.41. The summed E-state index contributed by atoms with van der Waals surface area (Å²) in [6.07, 6.45) is 3.93. The molecule has 0 bridgehead atoms. The van der Waals surface area contributed by atoms with E-state index < -0.39 is 0 Å². The molecule has 5 aromatic rings. The van der Waals surface area contributed by atoms with Crippen molar-refractivity contribution in [3.63, 3.8) is 0 Å². The Morgan fingerprint density at radius 1 is 0.886 bits per heavy atom. The molecule has 0 saturated heterocycles. The van der Waals surface area contributed by atoms with Crippen molar-refractivity contribution in [2.45, 2.75) is 26.9 Å². The molecule has 176 valence electrons. The number of benzene rings is 2. The van der Waals surface area contributed by atoms with Crippen LogP contribution < -0.4 is 21.5 Å². The predicted molar refractivity (Wildman–Crippen MR) is 131 cm³/mol. The number of aryl methyl sites for hydroxylation is 2. The van der Waals surface area contributed by atoms with Gasteiger partial charge in [-0.1, -0.05) is 48.5 Å². The molecule has 0 aliphatic heterocycles. The van der Waals surface area contributed by atoms with Crippen molar-refractivity contribution >= 4 is 5.78 Å².